The Kier molecular flexibility index (Phi) is 4.61. The largest absolute Gasteiger partial charge is 0.233 e. The van der Waals surface area contributed by atoms with Gasteiger partial charge in [0.15, 0.2) is 0 Å². The quantitative estimate of drug-likeness (QED) is 0.753. The molecule has 2 rings (SSSR count). The molecule has 0 N–H and O–H groups in total. The van der Waals surface area contributed by atoms with Crippen molar-refractivity contribution in [3.8, 4) is 11.3 Å². The molecule has 0 fully saturated rings. The predicted octanol–water partition coefficient (Wildman–Crippen LogP) is 4.60. The van der Waals surface area contributed by atoms with Crippen molar-refractivity contribution in [1.29, 1.82) is 0 Å². The number of hydrogen-bond donors (Lipinski definition) is 0. The molecule has 1 aromatic heterocycles. The third-order valence-electron chi connectivity index (χ3n) is 2.85. The van der Waals surface area contributed by atoms with E-state index in [-0.39, 0.29) is 0 Å². The molecule has 2 nitrogen and oxygen atoms in total. The highest BCUT2D eigenvalue weighted by Gasteiger charge is 2.06. The summed E-state index contributed by atoms with van der Waals surface area (Å²) in [4.78, 5) is 9.04. The van der Waals surface area contributed by atoms with Crippen molar-refractivity contribution >= 4 is 5.57 Å². The molecule has 0 saturated carbocycles. The van der Waals surface area contributed by atoms with Crippen molar-refractivity contribution in [2.75, 3.05) is 0 Å². The van der Waals surface area contributed by atoms with Gasteiger partial charge in [0.05, 0.1) is 11.4 Å². The molecule has 0 amide bonds. The molecule has 1 aromatic carbocycles. The van der Waals surface area contributed by atoms with Crippen LogP contribution in [0.4, 0.5) is 0 Å². The summed E-state index contributed by atoms with van der Waals surface area (Å²) in [6, 6.07) is 12.1. The molecule has 2 heteroatoms. The summed E-state index contributed by atoms with van der Waals surface area (Å²) in [5.74, 6) is 0.765. The van der Waals surface area contributed by atoms with E-state index in [1.807, 2.05) is 56.3 Å². The summed E-state index contributed by atoms with van der Waals surface area (Å²) in [7, 11) is 0. The van der Waals surface area contributed by atoms with Crippen LogP contribution in [-0.2, 0) is 0 Å². The van der Waals surface area contributed by atoms with E-state index < -0.39 is 0 Å². The Bertz CT molecular complexity index is 652. The number of aromatic nitrogens is 2. The zero-order valence-corrected chi connectivity index (χ0v) is 11.9. The molecule has 2 aromatic rings. The van der Waals surface area contributed by atoms with E-state index in [0.717, 1.165) is 28.3 Å². The summed E-state index contributed by atoms with van der Waals surface area (Å²) >= 11 is 0. The van der Waals surface area contributed by atoms with Crippen molar-refractivity contribution in [3.05, 3.63) is 78.8 Å². The van der Waals surface area contributed by atoms with E-state index in [0.29, 0.717) is 0 Å². The Morgan fingerprint density at radius 2 is 1.90 bits per heavy atom. The molecule has 0 unspecified atom stereocenters. The smallest absolute Gasteiger partial charge is 0.126 e. The molecule has 0 aliphatic heterocycles. The van der Waals surface area contributed by atoms with Crippen molar-refractivity contribution in [1.82, 2.24) is 9.97 Å². The highest BCUT2D eigenvalue weighted by Crippen LogP contribution is 2.21. The summed E-state index contributed by atoms with van der Waals surface area (Å²) in [5.41, 5.74) is 3.98. The van der Waals surface area contributed by atoms with Crippen molar-refractivity contribution < 1.29 is 0 Å². The zero-order valence-electron chi connectivity index (χ0n) is 11.9. The van der Waals surface area contributed by atoms with E-state index in [2.05, 4.69) is 28.7 Å². The van der Waals surface area contributed by atoms with Crippen LogP contribution in [0.5, 0.6) is 0 Å². The van der Waals surface area contributed by atoms with Gasteiger partial charge in [0, 0.05) is 5.56 Å². The Labute approximate surface area is 120 Å². The molecule has 0 atom stereocenters. The summed E-state index contributed by atoms with van der Waals surface area (Å²) < 4.78 is 0. The van der Waals surface area contributed by atoms with Gasteiger partial charge in [0.1, 0.15) is 5.82 Å². The van der Waals surface area contributed by atoms with Crippen LogP contribution in [-0.4, -0.2) is 9.97 Å². The van der Waals surface area contributed by atoms with E-state index in [1.165, 1.54) is 0 Å². The van der Waals surface area contributed by atoms with Gasteiger partial charge in [0.25, 0.3) is 0 Å². The van der Waals surface area contributed by atoms with Gasteiger partial charge in [-0.15, -0.1) is 0 Å². The van der Waals surface area contributed by atoms with Gasteiger partial charge in [-0.05, 0) is 25.5 Å². The normalized spacial score (nSPS) is 11.8. The number of benzene rings is 1. The first kappa shape index (κ1) is 13.9. The highest BCUT2D eigenvalue weighted by molar-refractivity contribution is 5.75. The van der Waals surface area contributed by atoms with Gasteiger partial charge >= 0.3 is 0 Å². The Balaban J connectivity index is 2.54. The lowest BCUT2D eigenvalue weighted by molar-refractivity contribution is 1.04. The Morgan fingerprint density at radius 1 is 1.15 bits per heavy atom. The lowest BCUT2D eigenvalue weighted by Gasteiger charge is -2.07. The van der Waals surface area contributed by atoms with E-state index in [9.17, 15) is 0 Å². The second-order valence-corrected chi connectivity index (χ2v) is 4.41. The number of aryl methyl sites for hydroxylation is 1. The molecule has 0 bridgehead atoms. The van der Waals surface area contributed by atoms with Crippen molar-refractivity contribution in [2.45, 2.75) is 13.8 Å². The minimum Gasteiger partial charge on any atom is -0.233 e. The fourth-order valence-corrected chi connectivity index (χ4v) is 2.01. The Hall–Kier alpha value is -2.48. The van der Waals surface area contributed by atoms with Crippen molar-refractivity contribution in [3.63, 3.8) is 0 Å². The van der Waals surface area contributed by atoms with E-state index >= 15 is 0 Å². The first-order valence-electron chi connectivity index (χ1n) is 6.61. The average molecular weight is 262 g/mol. The number of nitrogens with zero attached hydrogens (tertiary/aromatic N) is 2. The fraction of sp³-hybridized carbons (Fsp3) is 0.111. The second kappa shape index (κ2) is 6.62. The number of allylic oxidation sites excluding steroid dienone is 5. The van der Waals surface area contributed by atoms with Gasteiger partial charge < -0.3 is 0 Å². The minimum absolute atomic E-state index is 0.765. The third kappa shape index (κ3) is 3.29. The molecule has 1 heterocycles. The van der Waals surface area contributed by atoms with Crippen LogP contribution in [0.25, 0.3) is 16.8 Å². The number of rotatable bonds is 4. The lowest BCUT2D eigenvalue weighted by Crippen LogP contribution is -1.96. The average Bonchev–Trinajstić information content (AvgIpc) is 2.47. The molecular formula is C18H18N2. The van der Waals surface area contributed by atoms with Crippen LogP contribution < -0.4 is 0 Å². The predicted molar refractivity (Wildman–Crippen MR) is 85.2 cm³/mol. The molecular weight excluding hydrogens is 244 g/mol. The molecule has 0 radical (unpaired) electrons. The molecule has 0 spiro atoms. The van der Waals surface area contributed by atoms with Gasteiger partial charge in [-0.25, -0.2) is 9.97 Å². The van der Waals surface area contributed by atoms with Crippen LogP contribution in [0.15, 0.2) is 67.3 Å². The zero-order chi connectivity index (χ0) is 14.4. The highest BCUT2D eigenvalue weighted by atomic mass is 14.9. The van der Waals surface area contributed by atoms with E-state index in [4.69, 9.17) is 0 Å². The first-order valence-corrected chi connectivity index (χ1v) is 6.61. The standard InChI is InChI=1S/C18H18N2/c1-4-9-15(10-5-2)17-13-18(20-14(3)19-17)16-11-7-6-8-12-16/h4-13H,1H2,2-3H3/b10-5-,15-9+. The van der Waals surface area contributed by atoms with E-state index in [1.54, 1.807) is 6.08 Å². The summed E-state index contributed by atoms with van der Waals surface area (Å²) in [6.07, 6.45) is 7.75. The first-order chi connectivity index (χ1) is 9.74. The molecule has 0 aliphatic rings. The van der Waals surface area contributed by atoms with Crippen LogP contribution in [0.1, 0.15) is 18.4 Å². The van der Waals surface area contributed by atoms with Crippen LogP contribution in [0.3, 0.4) is 0 Å². The van der Waals surface area contributed by atoms with Gasteiger partial charge in [-0.1, -0.05) is 61.2 Å². The molecule has 0 aliphatic carbocycles. The lowest BCUT2D eigenvalue weighted by atomic mass is 10.1. The van der Waals surface area contributed by atoms with Gasteiger partial charge in [-0.3, -0.25) is 0 Å². The fourth-order valence-electron chi connectivity index (χ4n) is 2.01. The van der Waals surface area contributed by atoms with Crippen molar-refractivity contribution in [2.24, 2.45) is 0 Å². The molecule has 0 saturated heterocycles. The van der Waals surface area contributed by atoms with Gasteiger partial charge in [-0.2, -0.15) is 0 Å². The number of hydrogen-bond acceptors (Lipinski definition) is 2. The topological polar surface area (TPSA) is 25.8 Å². The maximum atomic E-state index is 4.52. The Morgan fingerprint density at radius 3 is 2.55 bits per heavy atom. The second-order valence-electron chi connectivity index (χ2n) is 4.41. The summed E-state index contributed by atoms with van der Waals surface area (Å²) in [6.45, 7) is 7.66. The van der Waals surface area contributed by atoms with Gasteiger partial charge in [0.2, 0.25) is 0 Å². The maximum absolute atomic E-state index is 4.52. The molecule has 20 heavy (non-hydrogen) atoms. The maximum Gasteiger partial charge on any atom is 0.126 e. The molecule has 100 valence electrons. The van der Waals surface area contributed by atoms with Crippen LogP contribution in [0, 0.1) is 6.92 Å². The van der Waals surface area contributed by atoms with Crippen LogP contribution >= 0.6 is 0 Å². The minimum atomic E-state index is 0.765. The SMILES string of the molecule is C=C/C=C(\C=C/C)c1cc(-c2ccccc2)nc(C)n1. The van der Waals surface area contributed by atoms with Crippen LogP contribution in [0.2, 0.25) is 0 Å². The third-order valence-corrected chi connectivity index (χ3v) is 2.85. The summed E-state index contributed by atoms with van der Waals surface area (Å²) in [5, 5.41) is 0. The monoisotopic (exact) mass is 262 g/mol.